The van der Waals surface area contributed by atoms with E-state index >= 15 is 0 Å². The monoisotopic (exact) mass is 496 g/mol. The van der Waals surface area contributed by atoms with Gasteiger partial charge in [-0.3, -0.25) is 9.59 Å². The molecule has 0 aliphatic heterocycles. The number of nitrogens with one attached hydrogen (secondary N) is 2. The fourth-order valence-electron chi connectivity index (χ4n) is 4.83. The van der Waals surface area contributed by atoms with Crippen molar-refractivity contribution in [1.82, 2.24) is 15.2 Å². The summed E-state index contributed by atoms with van der Waals surface area (Å²) in [4.78, 5) is 32.0. The Morgan fingerprint density at radius 1 is 1.14 bits per heavy atom. The smallest absolute Gasteiger partial charge is 0.270 e. The first-order valence-corrected chi connectivity index (χ1v) is 12.4. The number of fused-ring (bicyclic) bond motifs is 1. The molecule has 0 atom stereocenters. The van der Waals surface area contributed by atoms with Gasteiger partial charge in [0.2, 0.25) is 0 Å². The number of anilines is 1. The SMILES string of the molecule is C=C(C#N)CNc1c(C(N)=O)ccc2ccc(-c3cccc(C(=O)N[C@H]4CC[C@@H](N(C)C)CC4)n3)cc12. The number of nitrogens with two attached hydrogens (primary N) is 1. The Balaban J connectivity index is 1.60. The Morgan fingerprint density at radius 2 is 1.86 bits per heavy atom. The zero-order chi connectivity index (χ0) is 26.5. The van der Waals surface area contributed by atoms with Gasteiger partial charge in [-0.25, -0.2) is 4.98 Å². The number of hydrogen-bond acceptors (Lipinski definition) is 6. The molecule has 8 heteroatoms. The van der Waals surface area contributed by atoms with Crippen molar-refractivity contribution in [1.29, 1.82) is 5.26 Å². The normalized spacial score (nSPS) is 17.2. The first-order valence-electron chi connectivity index (χ1n) is 12.4. The summed E-state index contributed by atoms with van der Waals surface area (Å²) in [5.74, 6) is -0.752. The molecule has 1 aliphatic rings. The molecule has 0 unspecified atom stereocenters. The van der Waals surface area contributed by atoms with Crippen molar-refractivity contribution in [2.75, 3.05) is 26.0 Å². The van der Waals surface area contributed by atoms with Gasteiger partial charge in [0.1, 0.15) is 5.69 Å². The number of benzene rings is 2. The third-order valence-electron chi connectivity index (χ3n) is 6.96. The molecule has 8 nitrogen and oxygen atoms in total. The molecule has 4 N–H and O–H groups in total. The van der Waals surface area contributed by atoms with Crippen molar-refractivity contribution < 1.29 is 9.59 Å². The van der Waals surface area contributed by atoms with Crippen LogP contribution in [-0.4, -0.2) is 54.4 Å². The van der Waals surface area contributed by atoms with E-state index in [1.54, 1.807) is 12.1 Å². The van der Waals surface area contributed by atoms with Gasteiger partial charge < -0.3 is 21.3 Å². The van der Waals surface area contributed by atoms with Crippen molar-refractivity contribution in [3.05, 3.63) is 71.9 Å². The highest BCUT2D eigenvalue weighted by Gasteiger charge is 2.24. The summed E-state index contributed by atoms with van der Waals surface area (Å²) in [5, 5.41) is 17.0. The van der Waals surface area contributed by atoms with Crippen LogP contribution in [0.3, 0.4) is 0 Å². The molecule has 37 heavy (non-hydrogen) atoms. The minimum atomic E-state index is -0.575. The molecule has 0 saturated heterocycles. The minimum Gasteiger partial charge on any atom is -0.379 e. The van der Waals surface area contributed by atoms with E-state index < -0.39 is 5.91 Å². The molecule has 190 valence electrons. The lowest BCUT2D eigenvalue weighted by Crippen LogP contribution is -2.42. The van der Waals surface area contributed by atoms with E-state index in [0.29, 0.717) is 34.3 Å². The maximum absolute atomic E-state index is 13.0. The van der Waals surface area contributed by atoms with E-state index in [1.807, 2.05) is 42.5 Å². The van der Waals surface area contributed by atoms with E-state index in [-0.39, 0.29) is 18.5 Å². The van der Waals surface area contributed by atoms with Gasteiger partial charge in [-0.05, 0) is 69.4 Å². The molecule has 1 aliphatic carbocycles. The number of carbonyl (C=O) groups is 2. The Bertz CT molecular complexity index is 1380. The van der Waals surface area contributed by atoms with Gasteiger partial charge >= 0.3 is 0 Å². The molecule has 1 heterocycles. The fraction of sp³-hybridized carbons (Fsp3) is 0.310. The standard InChI is InChI=1S/C29H32N6O2/c1-18(16-30)17-32-27-23(28(31)36)14-9-19-7-8-20(15-24(19)27)25-5-4-6-26(34-25)29(37)33-21-10-12-22(13-11-21)35(2)3/h4-9,14-15,21-22,32H,1,10-13,17H2,2-3H3,(H2,31,36)(H,33,37)/t21-,22+. The van der Waals surface area contributed by atoms with Gasteiger partial charge in [-0.1, -0.05) is 30.8 Å². The van der Waals surface area contributed by atoms with Crippen molar-refractivity contribution in [2.45, 2.75) is 37.8 Å². The molecule has 2 amide bonds. The van der Waals surface area contributed by atoms with Crippen molar-refractivity contribution in [2.24, 2.45) is 5.73 Å². The van der Waals surface area contributed by atoms with Gasteiger partial charge in [0.05, 0.1) is 23.0 Å². The van der Waals surface area contributed by atoms with E-state index in [9.17, 15) is 9.59 Å². The molecule has 1 fully saturated rings. The number of nitrogens with zero attached hydrogens (tertiary/aromatic N) is 3. The average Bonchev–Trinajstić information content (AvgIpc) is 2.91. The van der Waals surface area contributed by atoms with Crippen LogP contribution < -0.4 is 16.4 Å². The summed E-state index contributed by atoms with van der Waals surface area (Å²) >= 11 is 0. The highest BCUT2D eigenvalue weighted by Crippen LogP contribution is 2.32. The second-order valence-corrected chi connectivity index (χ2v) is 9.71. The van der Waals surface area contributed by atoms with Gasteiger partial charge in [0.15, 0.2) is 0 Å². The molecular weight excluding hydrogens is 464 g/mol. The van der Waals surface area contributed by atoms with Crippen LogP contribution >= 0.6 is 0 Å². The summed E-state index contributed by atoms with van der Waals surface area (Å²) in [6.07, 6.45) is 4.03. The summed E-state index contributed by atoms with van der Waals surface area (Å²) in [6.45, 7) is 3.88. The first kappa shape index (κ1) is 25.9. The van der Waals surface area contributed by atoms with Crippen LogP contribution in [0.5, 0.6) is 0 Å². The second kappa shape index (κ2) is 11.2. The number of primary amides is 1. The molecular formula is C29H32N6O2. The van der Waals surface area contributed by atoms with Gasteiger partial charge in [0, 0.05) is 35.2 Å². The van der Waals surface area contributed by atoms with Crippen LogP contribution in [0.25, 0.3) is 22.0 Å². The van der Waals surface area contributed by atoms with Crippen molar-refractivity contribution >= 4 is 28.3 Å². The maximum atomic E-state index is 13.0. The Hall–Kier alpha value is -4.22. The minimum absolute atomic E-state index is 0.152. The number of hydrogen-bond donors (Lipinski definition) is 3. The average molecular weight is 497 g/mol. The highest BCUT2D eigenvalue weighted by molar-refractivity contribution is 6.08. The van der Waals surface area contributed by atoms with Crippen LogP contribution in [0.4, 0.5) is 5.69 Å². The number of amides is 2. The third-order valence-corrected chi connectivity index (χ3v) is 6.96. The zero-order valence-corrected chi connectivity index (χ0v) is 21.3. The molecule has 4 rings (SSSR count). The van der Waals surface area contributed by atoms with E-state index in [1.165, 1.54) is 0 Å². The topological polar surface area (TPSA) is 124 Å². The lowest BCUT2D eigenvalue weighted by Gasteiger charge is -2.32. The number of aromatic nitrogens is 1. The van der Waals surface area contributed by atoms with Crippen LogP contribution in [0, 0.1) is 11.3 Å². The van der Waals surface area contributed by atoms with Crippen LogP contribution in [-0.2, 0) is 0 Å². The maximum Gasteiger partial charge on any atom is 0.270 e. The summed E-state index contributed by atoms with van der Waals surface area (Å²) in [5.41, 5.74) is 8.60. The van der Waals surface area contributed by atoms with E-state index in [4.69, 9.17) is 11.0 Å². The summed E-state index contributed by atoms with van der Waals surface area (Å²) in [6, 6.07) is 17.4. The quantitative estimate of drug-likeness (QED) is 0.404. The molecule has 1 aromatic heterocycles. The molecule has 3 aromatic rings. The van der Waals surface area contributed by atoms with Crippen LogP contribution in [0.1, 0.15) is 46.5 Å². The highest BCUT2D eigenvalue weighted by atomic mass is 16.2. The van der Waals surface area contributed by atoms with Crippen molar-refractivity contribution in [3.8, 4) is 17.3 Å². The molecule has 0 spiro atoms. The second-order valence-electron chi connectivity index (χ2n) is 9.71. The summed E-state index contributed by atoms with van der Waals surface area (Å²) in [7, 11) is 4.20. The molecule has 0 radical (unpaired) electrons. The van der Waals surface area contributed by atoms with Crippen LogP contribution in [0.2, 0.25) is 0 Å². The number of carbonyl (C=O) groups excluding carboxylic acids is 2. The number of nitriles is 1. The lowest BCUT2D eigenvalue weighted by atomic mass is 9.90. The summed E-state index contributed by atoms with van der Waals surface area (Å²) < 4.78 is 0. The predicted octanol–water partition coefficient (Wildman–Crippen LogP) is 4.09. The predicted molar refractivity (Wildman–Crippen MR) is 146 cm³/mol. The Labute approximate surface area is 217 Å². The van der Waals surface area contributed by atoms with E-state index in [0.717, 1.165) is 42.0 Å². The largest absolute Gasteiger partial charge is 0.379 e. The first-order chi connectivity index (χ1) is 17.8. The van der Waals surface area contributed by atoms with Crippen LogP contribution in [0.15, 0.2) is 60.7 Å². The number of pyridine rings is 1. The molecule has 1 saturated carbocycles. The van der Waals surface area contributed by atoms with Gasteiger partial charge in [-0.15, -0.1) is 0 Å². The van der Waals surface area contributed by atoms with Gasteiger partial charge in [-0.2, -0.15) is 5.26 Å². The Morgan fingerprint density at radius 3 is 2.54 bits per heavy atom. The molecule has 2 aromatic carbocycles. The zero-order valence-electron chi connectivity index (χ0n) is 21.3. The lowest BCUT2D eigenvalue weighted by molar-refractivity contribution is 0.0910. The van der Waals surface area contributed by atoms with E-state index in [2.05, 4.69) is 41.2 Å². The third kappa shape index (κ3) is 5.96. The van der Waals surface area contributed by atoms with Gasteiger partial charge in [0.25, 0.3) is 11.8 Å². The number of rotatable bonds is 8. The van der Waals surface area contributed by atoms with Crippen molar-refractivity contribution in [3.63, 3.8) is 0 Å². The Kier molecular flexibility index (Phi) is 7.85. The fourth-order valence-corrected chi connectivity index (χ4v) is 4.83. The molecule has 0 bridgehead atoms.